The molecule has 0 radical (unpaired) electrons. The predicted molar refractivity (Wildman–Crippen MR) is 115 cm³/mol. The number of amides is 1. The summed E-state index contributed by atoms with van der Waals surface area (Å²) >= 11 is 3.25. The molecule has 0 aliphatic heterocycles. The average molecular weight is 529 g/mol. The van der Waals surface area contributed by atoms with Gasteiger partial charge in [0.05, 0.1) is 0 Å². The maximum Gasteiger partial charge on any atom is 0.243 e. The molecule has 0 atom stereocenters. The van der Waals surface area contributed by atoms with Crippen LogP contribution in [0.25, 0.3) is 0 Å². The Morgan fingerprint density at radius 2 is 1.96 bits per heavy atom. The van der Waals surface area contributed by atoms with Gasteiger partial charge in [-0.1, -0.05) is 28.9 Å². The summed E-state index contributed by atoms with van der Waals surface area (Å²) in [6, 6.07) is 5.11. The molecule has 0 aliphatic rings. The first-order valence-electron chi connectivity index (χ1n) is 8.10. The third-order valence-electron chi connectivity index (χ3n) is 3.34. The summed E-state index contributed by atoms with van der Waals surface area (Å²) in [5.74, 6) is 0.367. The van der Waals surface area contributed by atoms with Crippen molar-refractivity contribution < 1.29 is 9.18 Å². The number of rotatable bonds is 8. The van der Waals surface area contributed by atoms with Crippen LogP contribution in [-0.4, -0.2) is 50.5 Å². The Labute approximate surface area is 175 Å². The molecular formula is C17H27BrFIN4O. The lowest BCUT2D eigenvalue weighted by molar-refractivity contribution is -0.127. The second kappa shape index (κ2) is 13.3. The van der Waals surface area contributed by atoms with Crippen molar-refractivity contribution >= 4 is 51.8 Å². The van der Waals surface area contributed by atoms with Gasteiger partial charge in [-0.15, -0.1) is 24.0 Å². The van der Waals surface area contributed by atoms with E-state index in [1.54, 1.807) is 20.2 Å². The van der Waals surface area contributed by atoms with Crippen molar-refractivity contribution in [3.8, 4) is 0 Å². The quantitative estimate of drug-likeness (QED) is 0.236. The number of halogens is 3. The maximum atomic E-state index is 13.8. The number of nitrogens with zero attached hydrogens (tertiary/aromatic N) is 2. The molecule has 0 bridgehead atoms. The van der Waals surface area contributed by atoms with Crippen LogP contribution in [0.5, 0.6) is 0 Å². The topological polar surface area (TPSA) is 56.7 Å². The molecule has 1 aromatic rings. The van der Waals surface area contributed by atoms with E-state index in [2.05, 4.69) is 38.5 Å². The van der Waals surface area contributed by atoms with E-state index in [9.17, 15) is 9.18 Å². The Bertz CT molecular complexity index is 570. The summed E-state index contributed by atoms with van der Waals surface area (Å²) in [4.78, 5) is 17.4. The van der Waals surface area contributed by atoms with Gasteiger partial charge in [-0.2, -0.15) is 0 Å². The van der Waals surface area contributed by atoms with Gasteiger partial charge in [0, 0.05) is 31.7 Å². The van der Waals surface area contributed by atoms with Gasteiger partial charge < -0.3 is 15.5 Å². The molecule has 5 nitrogen and oxygen atoms in total. The van der Waals surface area contributed by atoms with Crippen molar-refractivity contribution in [1.82, 2.24) is 15.5 Å². The molecule has 1 aromatic carbocycles. The number of aliphatic imine (C=N–C) groups is 1. The van der Waals surface area contributed by atoms with E-state index < -0.39 is 0 Å². The van der Waals surface area contributed by atoms with Crippen LogP contribution in [0.15, 0.2) is 27.7 Å². The molecule has 0 fully saturated rings. The number of likely N-dealkylation sites (N-methyl/N-ethyl adjacent to an activating group) is 1. The van der Waals surface area contributed by atoms with Crippen LogP contribution in [0, 0.1) is 5.82 Å². The second-order valence-electron chi connectivity index (χ2n) is 5.65. The monoisotopic (exact) mass is 528 g/mol. The lowest BCUT2D eigenvalue weighted by atomic mass is 10.1. The Hall–Kier alpha value is -0.900. The van der Waals surface area contributed by atoms with Crippen molar-refractivity contribution in [3.05, 3.63) is 34.1 Å². The van der Waals surface area contributed by atoms with Gasteiger partial charge in [0.2, 0.25) is 5.91 Å². The largest absolute Gasteiger partial charge is 0.356 e. The molecule has 0 aliphatic carbocycles. The number of guanidine groups is 1. The highest BCUT2D eigenvalue weighted by molar-refractivity contribution is 14.0. The molecule has 2 N–H and O–H groups in total. The minimum atomic E-state index is -0.195. The van der Waals surface area contributed by atoms with Gasteiger partial charge in [0.15, 0.2) is 5.96 Å². The highest BCUT2D eigenvalue weighted by Gasteiger charge is 2.05. The molecular weight excluding hydrogens is 502 g/mol. The zero-order chi connectivity index (χ0) is 17.9. The van der Waals surface area contributed by atoms with Crippen LogP contribution in [0.1, 0.15) is 25.3 Å². The third-order valence-corrected chi connectivity index (χ3v) is 3.84. The zero-order valence-corrected chi connectivity index (χ0v) is 18.9. The van der Waals surface area contributed by atoms with E-state index >= 15 is 0 Å². The van der Waals surface area contributed by atoms with Gasteiger partial charge in [-0.05, 0) is 37.0 Å². The number of hydrogen-bond donors (Lipinski definition) is 2. The number of benzene rings is 1. The van der Waals surface area contributed by atoms with E-state index in [0.717, 1.165) is 23.9 Å². The minimum Gasteiger partial charge on any atom is -0.356 e. The van der Waals surface area contributed by atoms with E-state index in [0.29, 0.717) is 24.5 Å². The van der Waals surface area contributed by atoms with Gasteiger partial charge in [0.25, 0.3) is 0 Å². The highest BCUT2D eigenvalue weighted by Crippen LogP contribution is 2.16. The normalized spacial score (nSPS) is 10.8. The lowest BCUT2D eigenvalue weighted by Gasteiger charge is -2.13. The molecule has 1 amide bonds. The number of hydrogen-bond acceptors (Lipinski definition) is 2. The Morgan fingerprint density at radius 3 is 2.56 bits per heavy atom. The predicted octanol–water partition coefficient (Wildman–Crippen LogP) is 3.17. The summed E-state index contributed by atoms with van der Waals surface area (Å²) in [6.07, 6.45) is 2.38. The molecule has 0 saturated heterocycles. The molecule has 0 spiro atoms. The van der Waals surface area contributed by atoms with Gasteiger partial charge in [-0.3, -0.25) is 4.79 Å². The van der Waals surface area contributed by atoms with Crippen LogP contribution in [-0.2, 0) is 11.2 Å². The van der Waals surface area contributed by atoms with Crippen molar-refractivity contribution in [2.75, 3.05) is 33.7 Å². The van der Waals surface area contributed by atoms with Crippen LogP contribution in [0.3, 0.4) is 0 Å². The van der Waals surface area contributed by atoms with Gasteiger partial charge in [0.1, 0.15) is 12.4 Å². The van der Waals surface area contributed by atoms with Crippen molar-refractivity contribution in [2.24, 2.45) is 4.99 Å². The third kappa shape index (κ3) is 9.98. The van der Waals surface area contributed by atoms with Crippen molar-refractivity contribution in [3.63, 3.8) is 0 Å². The molecule has 8 heteroatoms. The maximum absolute atomic E-state index is 13.8. The fourth-order valence-electron chi connectivity index (χ4n) is 1.92. The summed E-state index contributed by atoms with van der Waals surface area (Å²) in [5, 5.41) is 6.36. The van der Waals surface area contributed by atoms with Gasteiger partial charge >= 0.3 is 0 Å². The van der Waals surface area contributed by atoms with Crippen LogP contribution >= 0.6 is 39.9 Å². The number of carbonyl (C=O) groups is 1. The van der Waals surface area contributed by atoms with E-state index in [1.165, 1.54) is 11.0 Å². The number of aryl methyl sites for hydroxylation is 1. The molecule has 0 heterocycles. The Balaban J connectivity index is 0.00000576. The SMILES string of the molecule is CCCNC(=NCC(=O)N(C)C)NCCCc1ccc(Br)cc1F.I. The first-order valence-corrected chi connectivity index (χ1v) is 8.89. The fourth-order valence-corrected chi connectivity index (χ4v) is 2.25. The molecule has 25 heavy (non-hydrogen) atoms. The zero-order valence-electron chi connectivity index (χ0n) is 14.9. The van der Waals surface area contributed by atoms with Crippen LogP contribution in [0.2, 0.25) is 0 Å². The smallest absolute Gasteiger partial charge is 0.243 e. The van der Waals surface area contributed by atoms with Crippen LogP contribution in [0.4, 0.5) is 4.39 Å². The van der Waals surface area contributed by atoms with Gasteiger partial charge in [-0.25, -0.2) is 9.38 Å². The van der Waals surface area contributed by atoms with Crippen molar-refractivity contribution in [2.45, 2.75) is 26.2 Å². The van der Waals surface area contributed by atoms with E-state index in [4.69, 9.17) is 0 Å². The molecule has 142 valence electrons. The minimum absolute atomic E-state index is 0. The lowest BCUT2D eigenvalue weighted by Crippen LogP contribution is -2.39. The highest BCUT2D eigenvalue weighted by atomic mass is 127. The number of carbonyl (C=O) groups excluding carboxylic acids is 1. The first kappa shape index (κ1) is 24.1. The molecule has 0 unspecified atom stereocenters. The fraction of sp³-hybridized carbons (Fsp3) is 0.529. The van der Waals surface area contributed by atoms with Crippen LogP contribution < -0.4 is 10.6 Å². The van der Waals surface area contributed by atoms with E-state index in [-0.39, 0.29) is 42.2 Å². The Morgan fingerprint density at radius 1 is 1.28 bits per heavy atom. The average Bonchev–Trinajstić information content (AvgIpc) is 2.54. The molecule has 1 rings (SSSR count). The number of nitrogens with one attached hydrogen (secondary N) is 2. The standard InChI is InChI=1S/C17H26BrFN4O.HI/c1-4-9-20-17(22-12-16(24)23(2)3)21-10-5-6-13-7-8-14(18)11-15(13)19;/h7-8,11H,4-6,9-10,12H2,1-3H3,(H2,20,21,22);1H. The van der Waals surface area contributed by atoms with Crippen molar-refractivity contribution in [1.29, 1.82) is 0 Å². The first-order chi connectivity index (χ1) is 11.4. The van der Waals surface area contributed by atoms with E-state index in [1.807, 2.05) is 6.07 Å². The summed E-state index contributed by atoms with van der Waals surface area (Å²) in [6.45, 7) is 3.60. The second-order valence-corrected chi connectivity index (χ2v) is 6.56. The summed E-state index contributed by atoms with van der Waals surface area (Å²) in [5.41, 5.74) is 0.697. The summed E-state index contributed by atoms with van der Waals surface area (Å²) in [7, 11) is 3.41. The Kier molecular flexibility index (Phi) is 12.8. The molecule has 0 aromatic heterocycles. The molecule has 0 saturated carbocycles. The summed E-state index contributed by atoms with van der Waals surface area (Å²) < 4.78 is 14.5.